The van der Waals surface area contributed by atoms with E-state index in [-0.39, 0.29) is 19.3 Å². The van der Waals surface area contributed by atoms with Crippen LogP contribution < -0.4 is 0 Å². The Morgan fingerprint density at radius 1 is 1.17 bits per heavy atom. The highest BCUT2D eigenvalue weighted by atomic mass is 16.7. The van der Waals surface area contributed by atoms with Crippen molar-refractivity contribution in [3.8, 4) is 0 Å². The highest BCUT2D eigenvalue weighted by Gasteiger charge is 2.32. The second kappa shape index (κ2) is 7.10. The molecule has 0 radical (unpaired) electrons. The average Bonchev–Trinajstić information content (AvgIpc) is 2.60. The molecule has 0 spiro atoms. The Morgan fingerprint density at radius 2 is 1.78 bits per heavy atom. The molecule has 0 bridgehead atoms. The number of carbonyl (C=O) groups excluding carboxylic acids is 3. The minimum atomic E-state index is -0.511. The predicted octanol–water partition coefficient (Wildman–Crippen LogP) is 0.716. The lowest BCUT2D eigenvalue weighted by molar-refractivity contribution is -0.197. The number of hydroxylamine groups is 2. The van der Waals surface area contributed by atoms with Crippen molar-refractivity contribution in [1.29, 1.82) is 0 Å². The Morgan fingerprint density at radius 3 is 2.33 bits per heavy atom. The minimum absolute atomic E-state index is 0.134. The zero-order valence-electron chi connectivity index (χ0n) is 11.0. The topological polar surface area (TPSA) is 66.9 Å². The highest BCUT2D eigenvalue weighted by Crippen LogP contribution is 2.13. The lowest BCUT2D eigenvalue weighted by Crippen LogP contribution is -2.31. The van der Waals surface area contributed by atoms with Gasteiger partial charge < -0.3 is 9.74 Å². The number of unbranched alkanes of at least 4 members (excludes halogenated alkanes) is 2. The van der Waals surface area contributed by atoms with E-state index in [1.807, 2.05) is 14.1 Å². The predicted molar refractivity (Wildman–Crippen MR) is 64.2 cm³/mol. The molecule has 2 amide bonds. The molecule has 1 fully saturated rings. The number of hydrogen-bond donors (Lipinski definition) is 0. The van der Waals surface area contributed by atoms with Crippen LogP contribution in [0.25, 0.3) is 0 Å². The number of rotatable bonds is 7. The van der Waals surface area contributed by atoms with Crippen molar-refractivity contribution in [3.63, 3.8) is 0 Å². The van der Waals surface area contributed by atoms with Gasteiger partial charge in [-0.2, -0.15) is 0 Å². The molecule has 6 nitrogen and oxygen atoms in total. The molecule has 102 valence electrons. The van der Waals surface area contributed by atoms with Gasteiger partial charge in [0.25, 0.3) is 11.8 Å². The normalized spacial score (nSPS) is 15.6. The van der Waals surface area contributed by atoms with E-state index < -0.39 is 17.8 Å². The number of carbonyl (C=O) groups is 3. The molecular weight excluding hydrogens is 236 g/mol. The van der Waals surface area contributed by atoms with E-state index in [9.17, 15) is 14.4 Å². The molecule has 0 atom stereocenters. The molecule has 1 aliphatic rings. The molecule has 1 rings (SSSR count). The van der Waals surface area contributed by atoms with Gasteiger partial charge in [0, 0.05) is 19.3 Å². The summed E-state index contributed by atoms with van der Waals surface area (Å²) in [6.45, 7) is 0.984. The maximum absolute atomic E-state index is 11.4. The molecule has 1 saturated heterocycles. The van der Waals surface area contributed by atoms with Gasteiger partial charge in [-0.15, -0.1) is 5.06 Å². The van der Waals surface area contributed by atoms with E-state index >= 15 is 0 Å². The molecule has 0 unspecified atom stereocenters. The quantitative estimate of drug-likeness (QED) is 0.496. The summed E-state index contributed by atoms with van der Waals surface area (Å²) >= 11 is 0. The SMILES string of the molecule is CN(C)CCCCCC(=O)ON1C(=O)CCC1=O. The Labute approximate surface area is 107 Å². The minimum Gasteiger partial charge on any atom is -0.330 e. The molecule has 0 aromatic heterocycles. The number of hydrogen-bond acceptors (Lipinski definition) is 5. The Hall–Kier alpha value is -1.43. The van der Waals surface area contributed by atoms with E-state index in [2.05, 4.69) is 4.90 Å². The van der Waals surface area contributed by atoms with Crippen LogP contribution in [-0.2, 0) is 19.2 Å². The summed E-state index contributed by atoms with van der Waals surface area (Å²) in [7, 11) is 4.00. The summed E-state index contributed by atoms with van der Waals surface area (Å²) in [4.78, 5) is 40.6. The molecule has 0 saturated carbocycles. The van der Waals surface area contributed by atoms with Crippen LogP contribution in [0, 0.1) is 0 Å². The summed E-state index contributed by atoms with van der Waals surface area (Å²) in [6, 6.07) is 0. The Kier molecular flexibility index (Phi) is 5.77. The molecule has 6 heteroatoms. The van der Waals surface area contributed by atoms with Gasteiger partial charge in [0.15, 0.2) is 0 Å². The van der Waals surface area contributed by atoms with Gasteiger partial charge in [-0.25, -0.2) is 4.79 Å². The van der Waals surface area contributed by atoms with Crippen LogP contribution in [0.2, 0.25) is 0 Å². The number of nitrogens with zero attached hydrogens (tertiary/aromatic N) is 2. The van der Waals surface area contributed by atoms with Crippen LogP contribution in [0.1, 0.15) is 38.5 Å². The molecule has 0 aromatic rings. The summed E-state index contributed by atoms with van der Waals surface area (Å²) in [5, 5.41) is 0.599. The maximum Gasteiger partial charge on any atom is 0.333 e. The monoisotopic (exact) mass is 256 g/mol. The first-order valence-electron chi connectivity index (χ1n) is 6.22. The van der Waals surface area contributed by atoms with Crippen molar-refractivity contribution in [1.82, 2.24) is 9.96 Å². The number of amides is 2. The van der Waals surface area contributed by atoms with Crippen LogP contribution in [-0.4, -0.2) is 48.4 Å². The van der Waals surface area contributed by atoms with Crippen molar-refractivity contribution < 1.29 is 19.2 Å². The van der Waals surface area contributed by atoms with Gasteiger partial charge in [0.1, 0.15) is 0 Å². The molecule has 0 N–H and O–H groups in total. The fourth-order valence-corrected chi connectivity index (χ4v) is 1.68. The summed E-state index contributed by atoms with van der Waals surface area (Å²) in [5.74, 6) is -1.37. The fraction of sp³-hybridized carbons (Fsp3) is 0.750. The molecule has 1 heterocycles. The largest absolute Gasteiger partial charge is 0.333 e. The molecule has 1 aliphatic heterocycles. The Bertz CT molecular complexity index is 312. The summed E-state index contributed by atoms with van der Waals surface area (Å²) in [5.41, 5.74) is 0. The van der Waals surface area contributed by atoms with E-state index in [1.54, 1.807) is 0 Å². The standard InChI is InChI=1S/C12H20N2O4/c1-13(2)9-5-3-4-6-12(17)18-14-10(15)7-8-11(14)16/h3-9H2,1-2H3. The molecule has 0 aromatic carbocycles. The van der Waals surface area contributed by atoms with Crippen molar-refractivity contribution in [2.24, 2.45) is 0 Å². The van der Waals surface area contributed by atoms with Crippen LogP contribution >= 0.6 is 0 Å². The van der Waals surface area contributed by atoms with Crippen molar-refractivity contribution >= 4 is 17.8 Å². The van der Waals surface area contributed by atoms with E-state index in [0.717, 1.165) is 19.4 Å². The smallest absolute Gasteiger partial charge is 0.330 e. The van der Waals surface area contributed by atoms with Crippen LogP contribution in [0.4, 0.5) is 0 Å². The molecular formula is C12H20N2O4. The van der Waals surface area contributed by atoms with Gasteiger partial charge in [0.2, 0.25) is 0 Å². The third-order valence-corrected chi connectivity index (χ3v) is 2.69. The first kappa shape index (κ1) is 14.6. The van der Waals surface area contributed by atoms with Crippen molar-refractivity contribution in [2.45, 2.75) is 38.5 Å². The van der Waals surface area contributed by atoms with Gasteiger partial charge in [-0.1, -0.05) is 6.42 Å². The van der Waals surface area contributed by atoms with Gasteiger partial charge in [0.05, 0.1) is 0 Å². The zero-order valence-corrected chi connectivity index (χ0v) is 11.0. The first-order valence-corrected chi connectivity index (χ1v) is 6.22. The number of imide groups is 1. The first-order chi connectivity index (χ1) is 8.50. The van der Waals surface area contributed by atoms with E-state index in [0.29, 0.717) is 11.5 Å². The molecule has 0 aliphatic carbocycles. The second-order valence-electron chi connectivity index (χ2n) is 4.66. The molecule has 18 heavy (non-hydrogen) atoms. The third kappa shape index (κ3) is 4.83. The van der Waals surface area contributed by atoms with Gasteiger partial charge in [-0.3, -0.25) is 9.59 Å². The third-order valence-electron chi connectivity index (χ3n) is 2.69. The lowest BCUT2D eigenvalue weighted by Gasteiger charge is -2.12. The summed E-state index contributed by atoms with van der Waals surface area (Å²) in [6.07, 6.45) is 3.16. The van der Waals surface area contributed by atoms with Crippen molar-refractivity contribution in [2.75, 3.05) is 20.6 Å². The van der Waals surface area contributed by atoms with E-state index in [1.165, 1.54) is 0 Å². The lowest BCUT2D eigenvalue weighted by atomic mass is 10.2. The van der Waals surface area contributed by atoms with Crippen LogP contribution in [0.5, 0.6) is 0 Å². The van der Waals surface area contributed by atoms with Crippen LogP contribution in [0.15, 0.2) is 0 Å². The highest BCUT2D eigenvalue weighted by molar-refractivity contribution is 6.01. The maximum atomic E-state index is 11.4. The van der Waals surface area contributed by atoms with Crippen LogP contribution in [0.3, 0.4) is 0 Å². The second-order valence-corrected chi connectivity index (χ2v) is 4.66. The summed E-state index contributed by atoms with van der Waals surface area (Å²) < 4.78 is 0. The van der Waals surface area contributed by atoms with E-state index in [4.69, 9.17) is 4.84 Å². The fourth-order valence-electron chi connectivity index (χ4n) is 1.68. The van der Waals surface area contributed by atoms with Gasteiger partial charge >= 0.3 is 5.97 Å². The van der Waals surface area contributed by atoms with Crippen molar-refractivity contribution in [3.05, 3.63) is 0 Å². The van der Waals surface area contributed by atoms with Gasteiger partial charge in [-0.05, 0) is 33.5 Å². The Balaban J connectivity index is 2.14. The zero-order chi connectivity index (χ0) is 13.5. The average molecular weight is 256 g/mol.